The number of nitrogens with zero attached hydrogens (tertiary/aromatic N) is 2. The fourth-order valence-electron chi connectivity index (χ4n) is 1.83. The smallest absolute Gasteiger partial charge is 0.341 e. The predicted octanol–water partition coefficient (Wildman–Crippen LogP) is 2.56. The topological polar surface area (TPSA) is 61.2 Å². The number of benzene rings is 1. The van der Waals surface area contributed by atoms with Gasteiger partial charge in [0.15, 0.2) is 0 Å². The number of carbonyl (C=O) groups excluding carboxylic acids is 1. The molecule has 1 aromatic carbocycles. The third kappa shape index (κ3) is 3.71. The highest BCUT2D eigenvalue weighted by molar-refractivity contribution is 7.84. The Morgan fingerprint density at radius 1 is 1.48 bits per heavy atom. The van der Waals surface area contributed by atoms with Crippen LogP contribution in [0.25, 0.3) is 0 Å². The average molecular weight is 327 g/mol. The largest absolute Gasteiger partial charge is 0.462 e. The monoisotopic (exact) mass is 326 g/mol. The summed E-state index contributed by atoms with van der Waals surface area (Å²) >= 11 is 5.90. The van der Waals surface area contributed by atoms with Crippen molar-refractivity contribution in [1.29, 1.82) is 0 Å². The number of halogens is 1. The molecule has 112 valence electrons. The molecule has 0 fully saturated rings. The molecule has 1 atom stereocenters. The Balaban J connectivity index is 2.25. The van der Waals surface area contributed by atoms with E-state index in [1.165, 1.54) is 10.9 Å². The molecule has 1 unspecified atom stereocenters. The number of hydrogen-bond donors (Lipinski definition) is 0. The molecule has 0 saturated heterocycles. The molecule has 0 aliphatic rings. The van der Waals surface area contributed by atoms with E-state index in [9.17, 15) is 9.00 Å². The molecular weight excluding hydrogens is 312 g/mol. The lowest BCUT2D eigenvalue weighted by Crippen LogP contribution is -2.11. The number of ether oxygens (including phenoxy) is 1. The molecule has 0 radical (unpaired) electrons. The zero-order valence-corrected chi connectivity index (χ0v) is 13.3. The summed E-state index contributed by atoms with van der Waals surface area (Å²) in [5.41, 5.74) is 0.918. The molecule has 2 rings (SSSR count). The lowest BCUT2D eigenvalue weighted by atomic mass is 10.3. The summed E-state index contributed by atoms with van der Waals surface area (Å²) in [5, 5.41) is 4.56. The number of aromatic nitrogens is 2. The second kappa shape index (κ2) is 6.87. The van der Waals surface area contributed by atoms with Crippen molar-refractivity contribution in [2.75, 3.05) is 6.61 Å². The van der Waals surface area contributed by atoms with Crippen LogP contribution in [0.5, 0.6) is 0 Å². The second-order valence-corrected chi connectivity index (χ2v) is 6.18. The van der Waals surface area contributed by atoms with Crippen LogP contribution in [-0.4, -0.2) is 26.6 Å². The average Bonchev–Trinajstić information content (AvgIpc) is 2.80. The Hall–Kier alpha value is -1.66. The van der Waals surface area contributed by atoms with E-state index in [-0.39, 0.29) is 12.4 Å². The van der Waals surface area contributed by atoms with Gasteiger partial charge in [-0.3, -0.25) is 8.89 Å². The van der Waals surface area contributed by atoms with Gasteiger partial charge in [0, 0.05) is 17.0 Å². The fourth-order valence-corrected chi connectivity index (χ4v) is 3.33. The minimum absolute atomic E-state index is 0.172. The van der Waals surface area contributed by atoms with E-state index in [1.54, 1.807) is 38.2 Å². The molecule has 0 N–H and O–H groups in total. The zero-order chi connectivity index (χ0) is 15.4. The molecule has 0 bridgehead atoms. The summed E-state index contributed by atoms with van der Waals surface area (Å²) in [5.74, 6) is -0.283. The molecule has 1 heterocycles. The molecule has 0 aliphatic heterocycles. The van der Waals surface area contributed by atoms with Crippen LogP contribution < -0.4 is 0 Å². The van der Waals surface area contributed by atoms with Crippen molar-refractivity contribution in [3.05, 3.63) is 46.7 Å². The Morgan fingerprint density at radius 2 is 2.24 bits per heavy atom. The van der Waals surface area contributed by atoms with E-state index < -0.39 is 16.8 Å². The van der Waals surface area contributed by atoms with Gasteiger partial charge in [0.1, 0.15) is 5.56 Å². The highest BCUT2D eigenvalue weighted by Crippen LogP contribution is 2.19. The van der Waals surface area contributed by atoms with Gasteiger partial charge >= 0.3 is 5.97 Å². The molecule has 0 aliphatic carbocycles. The Kier molecular flexibility index (Phi) is 5.14. The van der Waals surface area contributed by atoms with Crippen molar-refractivity contribution in [1.82, 2.24) is 9.78 Å². The van der Waals surface area contributed by atoms with Crippen LogP contribution >= 0.6 is 11.6 Å². The van der Waals surface area contributed by atoms with Crippen LogP contribution in [0, 0.1) is 0 Å². The highest BCUT2D eigenvalue weighted by Gasteiger charge is 2.19. The molecule has 1 aromatic heterocycles. The van der Waals surface area contributed by atoms with Gasteiger partial charge in [0.2, 0.25) is 0 Å². The lowest BCUT2D eigenvalue weighted by Gasteiger charge is -2.06. The molecule has 2 aromatic rings. The van der Waals surface area contributed by atoms with Crippen molar-refractivity contribution in [2.24, 2.45) is 7.05 Å². The van der Waals surface area contributed by atoms with Crippen molar-refractivity contribution in [2.45, 2.75) is 17.6 Å². The van der Waals surface area contributed by atoms with E-state index in [1.807, 2.05) is 0 Å². The van der Waals surface area contributed by atoms with E-state index >= 15 is 0 Å². The van der Waals surface area contributed by atoms with Crippen molar-refractivity contribution in [3.63, 3.8) is 0 Å². The molecule has 0 spiro atoms. The van der Waals surface area contributed by atoms with E-state index in [0.717, 1.165) is 0 Å². The third-order valence-electron chi connectivity index (χ3n) is 2.88. The summed E-state index contributed by atoms with van der Waals surface area (Å²) in [4.78, 5) is 12.5. The van der Waals surface area contributed by atoms with Crippen molar-refractivity contribution >= 4 is 28.4 Å². The number of aryl methyl sites for hydroxylation is 1. The molecule has 0 saturated carbocycles. The SMILES string of the molecule is CCOC(=O)c1cnn(C)c1CS(=O)c1cccc(Cl)c1. The summed E-state index contributed by atoms with van der Waals surface area (Å²) in [7, 11) is 0.384. The Morgan fingerprint density at radius 3 is 2.90 bits per heavy atom. The Bertz CT molecular complexity index is 685. The minimum Gasteiger partial charge on any atom is -0.462 e. The van der Waals surface area contributed by atoms with Gasteiger partial charge in [0.05, 0.1) is 35.1 Å². The maximum atomic E-state index is 12.4. The first-order valence-electron chi connectivity index (χ1n) is 6.35. The summed E-state index contributed by atoms with van der Waals surface area (Å²) < 4.78 is 18.9. The number of hydrogen-bond acceptors (Lipinski definition) is 4. The summed E-state index contributed by atoms with van der Waals surface area (Å²) in [6.45, 7) is 2.02. The normalized spacial score (nSPS) is 12.1. The third-order valence-corrected chi connectivity index (χ3v) is 4.43. The minimum atomic E-state index is -1.32. The first-order chi connectivity index (χ1) is 10.0. The van der Waals surface area contributed by atoms with Gasteiger partial charge in [-0.1, -0.05) is 17.7 Å². The van der Waals surface area contributed by atoms with Gasteiger partial charge in [-0.15, -0.1) is 0 Å². The van der Waals surface area contributed by atoms with Gasteiger partial charge in [0.25, 0.3) is 0 Å². The van der Waals surface area contributed by atoms with E-state index in [4.69, 9.17) is 16.3 Å². The summed E-state index contributed by atoms with van der Waals surface area (Å²) in [6.07, 6.45) is 1.43. The van der Waals surface area contributed by atoms with Gasteiger partial charge in [-0.05, 0) is 25.1 Å². The zero-order valence-electron chi connectivity index (χ0n) is 11.7. The predicted molar refractivity (Wildman–Crippen MR) is 80.7 cm³/mol. The van der Waals surface area contributed by atoms with Gasteiger partial charge in [-0.25, -0.2) is 4.79 Å². The van der Waals surface area contributed by atoms with Crippen LogP contribution in [0.2, 0.25) is 5.02 Å². The number of rotatable bonds is 5. The maximum Gasteiger partial charge on any atom is 0.341 e. The first-order valence-corrected chi connectivity index (χ1v) is 8.04. The van der Waals surface area contributed by atoms with Crippen LogP contribution in [0.4, 0.5) is 0 Å². The first kappa shape index (κ1) is 15.7. The molecular formula is C14H15ClN2O3S. The highest BCUT2D eigenvalue weighted by atomic mass is 35.5. The second-order valence-electron chi connectivity index (χ2n) is 4.30. The quantitative estimate of drug-likeness (QED) is 0.792. The fraction of sp³-hybridized carbons (Fsp3) is 0.286. The van der Waals surface area contributed by atoms with Crippen LogP contribution in [0.15, 0.2) is 35.4 Å². The van der Waals surface area contributed by atoms with Gasteiger partial charge < -0.3 is 4.74 Å². The molecule has 7 heteroatoms. The lowest BCUT2D eigenvalue weighted by molar-refractivity contribution is 0.0525. The van der Waals surface area contributed by atoms with Crippen molar-refractivity contribution < 1.29 is 13.7 Å². The molecule has 5 nitrogen and oxygen atoms in total. The van der Waals surface area contributed by atoms with Crippen LogP contribution in [-0.2, 0) is 28.3 Å². The van der Waals surface area contributed by atoms with Crippen molar-refractivity contribution in [3.8, 4) is 0 Å². The number of carbonyl (C=O) groups is 1. The van der Waals surface area contributed by atoms with Crippen LogP contribution in [0.3, 0.4) is 0 Å². The standard InChI is InChI=1S/C14H15ClN2O3S/c1-3-20-14(18)12-8-16-17(2)13(12)9-21(19)11-6-4-5-10(15)7-11/h4-8H,3,9H2,1-2H3. The molecule has 21 heavy (non-hydrogen) atoms. The molecule has 0 amide bonds. The number of esters is 1. The van der Waals surface area contributed by atoms with E-state index in [0.29, 0.717) is 21.2 Å². The van der Waals surface area contributed by atoms with Gasteiger partial charge in [-0.2, -0.15) is 5.10 Å². The van der Waals surface area contributed by atoms with Crippen LogP contribution in [0.1, 0.15) is 23.0 Å². The Labute approximate surface area is 130 Å². The summed E-state index contributed by atoms with van der Waals surface area (Å²) in [6, 6.07) is 6.85. The maximum absolute atomic E-state index is 12.4. The van der Waals surface area contributed by atoms with E-state index in [2.05, 4.69) is 5.10 Å².